The van der Waals surface area contributed by atoms with E-state index in [0.717, 1.165) is 17.7 Å². The smallest absolute Gasteiger partial charge is 0.281 e. The molecule has 1 saturated heterocycles. The molecule has 8 nitrogen and oxygen atoms in total. The molecule has 1 N–H and O–H groups in total. The van der Waals surface area contributed by atoms with Gasteiger partial charge in [0.1, 0.15) is 23.0 Å². The van der Waals surface area contributed by atoms with Crippen molar-refractivity contribution in [1.29, 1.82) is 0 Å². The molecule has 0 radical (unpaired) electrons. The number of hydrogen-bond acceptors (Lipinski definition) is 5. The first-order chi connectivity index (χ1) is 16.0. The van der Waals surface area contributed by atoms with E-state index < -0.39 is 28.7 Å². The Balaban J connectivity index is 1.44. The summed E-state index contributed by atoms with van der Waals surface area (Å²) < 4.78 is 29.8. The fourth-order valence-electron chi connectivity index (χ4n) is 4.18. The number of halogens is 2. The monoisotopic (exact) mass is 450 g/mol. The zero-order valence-corrected chi connectivity index (χ0v) is 17.5. The van der Waals surface area contributed by atoms with Crippen molar-refractivity contribution in [2.45, 2.75) is 25.3 Å². The third kappa shape index (κ3) is 3.99. The molecule has 4 aromatic rings. The quantitative estimate of drug-likeness (QED) is 0.516. The average Bonchev–Trinajstić information content (AvgIpc) is 3.23. The SMILES string of the molecule is O=C(c1c(F)cccc1F)N1CCC[C@H](c2nc3c(nnn3Cc3ccccc3)c(=O)[nH]2)C1. The number of amides is 1. The Hall–Kier alpha value is -3.95. The summed E-state index contributed by atoms with van der Waals surface area (Å²) in [6, 6.07) is 12.9. The van der Waals surface area contributed by atoms with Crippen molar-refractivity contribution in [3.05, 3.63) is 87.5 Å². The molecule has 0 aliphatic carbocycles. The van der Waals surface area contributed by atoms with Gasteiger partial charge in [0.25, 0.3) is 11.5 Å². The van der Waals surface area contributed by atoms with E-state index >= 15 is 0 Å². The fraction of sp³-hybridized carbons (Fsp3) is 0.261. The summed E-state index contributed by atoms with van der Waals surface area (Å²) in [5.74, 6) is -2.41. The minimum atomic E-state index is -0.897. The lowest BCUT2D eigenvalue weighted by Crippen LogP contribution is -2.40. The predicted octanol–water partition coefficient (Wildman–Crippen LogP) is 2.86. The van der Waals surface area contributed by atoms with E-state index in [1.807, 2.05) is 30.3 Å². The van der Waals surface area contributed by atoms with Crippen LogP contribution in [0.1, 0.15) is 40.5 Å². The molecular formula is C23H20F2N6O2. The molecule has 5 rings (SSSR count). The van der Waals surface area contributed by atoms with Gasteiger partial charge in [-0.25, -0.2) is 18.4 Å². The summed E-state index contributed by atoms with van der Waals surface area (Å²) in [4.78, 5) is 34.3. The van der Waals surface area contributed by atoms with Gasteiger partial charge in [0, 0.05) is 19.0 Å². The van der Waals surface area contributed by atoms with Gasteiger partial charge < -0.3 is 9.88 Å². The molecule has 0 unspecified atom stereocenters. The lowest BCUT2D eigenvalue weighted by Gasteiger charge is -2.32. The molecule has 0 saturated carbocycles. The number of carbonyl (C=O) groups is 1. The summed E-state index contributed by atoms with van der Waals surface area (Å²) in [6.45, 7) is 0.944. The molecular weight excluding hydrogens is 430 g/mol. The molecule has 2 aromatic heterocycles. The van der Waals surface area contributed by atoms with E-state index in [1.165, 1.54) is 11.0 Å². The summed E-state index contributed by atoms with van der Waals surface area (Å²) in [6.07, 6.45) is 1.27. The number of rotatable bonds is 4. The van der Waals surface area contributed by atoms with Gasteiger partial charge in [-0.15, -0.1) is 5.10 Å². The van der Waals surface area contributed by atoms with Crippen molar-refractivity contribution in [3.8, 4) is 0 Å². The van der Waals surface area contributed by atoms with Crippen molar-refractivity contribution in [1.82, 2.24) is 29.9 Å². The Kier molecular flexibility index (Phi) is 5.41. The van der Waals surface area contributed by atoms with Crippen LogP contribution in [-0.4, -0.2) is 48.9 Å². The lowest BCUT2D eigenvalue weighted by molar-refractivity contribution is 0.0694. The summed E-state index contributed by atoms with van der Waals surface area (Å²) >= 11 is 0. The van der Waals surface area contributed by atoms with Crippen molar-refractivity contribution < 1.29 is 13.6 Å². The van der Waals surface area contributed by atoms with Gasteiger partial charge in [0.05, 0.1) is 6.54 Å². The van der Waals surface area contributed by atoms with Gasteiger partial charge in [-0.1, -0.05) is 41.6 Å². The first-order valence-electron chi connectivity index (χ1n) is 10.6. The van der Waals surface area contributed by atoms with Gasteiger partial charge in [-0.05, 0) is 30.5 Å². The number of carbonyl (C=O) groups excluding carboxylic acids is 1. The summed E-state index contributed by atoms with van der Waals surface area (Å²) in [5, 5.41) is 8.04. The number of hydrogen-bond donors (Lipinski definition) is 1. The Morgan fingerprint density at radius 2 is 1.85 bits per heavy atom. The van der Waals surface area contributed by atoms with Crippen molar-refractivity contribution in [3.63, 3.8) is 0 Å². The number of aromatic amines is 1. The van der Waals surface area contributed by atoms with Crippen LogP contribution in [0, 0.1) is 11.6 Å². The number of piperidine rings is 1. The van der Waals surface area contributed by atoms with Crippen LogP contribution in [-0.2, 0) is 6.54 Å². The van der Waals surface area contributed by atoms with Gasteiger partial charge in [0.2, 0.25) is 0 Å². The molecule has 33 heavy (non-hydrogen) atoms. The predicted molar refractivity (Wildman–Crippen MR) is 116 cm³/mol. The zero-order chi connectivity index (χ0) is 22.9. The highest BCUT2D eigenvalue weighted by Gasteiger charge is 2.30. The maximum atomic E-state index is 14.1. The van der Waals surface area contributed by atoms with E-state index in [2.05, 4.69) is 20.3 Å². The van der Waals surface area contributed by atoms with Gasteiger partial charge >= 0.3 is 0 Å². The van der Waals surface area contributed by atoms with Crippen LogP contribution in [0.25, 0.3) is 11.2 Å². The van der Waals surface area contributed by atoms with Crippen LogP contribution in [0.15, 0.2) is 53.3 Å². The topological polar surface area (TPSA) is 96.8 Å². The first-order valence-corrected chi connectivity index (χ1v) is 10.6. The maximum absolute atomic E-state index is 14.1. The second-order valence-corrected chi connectivity index (χ2v) is 8.04. The number of nitrogens with zero attached hydrogens (tertiary/aromatic N) is 5. The van der Waals surface area contributed by atoms with Crippen LogP contribution >= 0.6 is 0 Å². The van der Waals surface area contributed by atoms with Gasteiger partial charge in [0.15, 0.2) is 11.2 Å². The third-order valence-electron chi connectivity index (χ3n) is 5.84. The van der Waals surface area contributed by atoms with E-state index in [-0.39, 0.29) is 18.0 Å². The number of aromatic nitrogens is 5. The second-order valence-electron chi connectivity index (χ2n) is 8.04. The van der Waals surface area contributed by atoms with Crippen LogP contribution < -0.4 is 5.56 Å². The van der Waals surface area contributed by atoms with E-state index in [9.17, 15) is 18.4 Å². The minimum absolute atomic E-state index is 0.131. The largest absolute Gasteiger partial charge is 0.338 e. The minimum Gasteiger partial charge on any atom is -0.338 e. The summed E-state index contributed by atoms with van der Waals surface area (Å²) in [5.41, 5.74) is 0.473. The molecule has 1 atom stereocenters. The van der Waals surface area contributed by atoms with E-state index in [4.69, 9.17) is 0 Å². The Bertz CT molecular complexity index is 1360. The molecule has 10 heteroatoms. The number of likely N-dealkylation sites (tertiary alicyclic amines) is 1. The standard InChI is InChI=1S/C23H20F2N6O2/c24-16-9-4-10-17(25)18(16)23(33)30-11-5-8-15(13-30)20-26-21-19(22(32)27-20)28-29-31(21)12-14-6-2-1-3-7-14/h1-4,6-7,9-10,15H,5,8,11-13H2,(H,26,27,32)/t15-/m0/s1. The fourth-order valence-corrected chi connectivity index (χ4v) is 4.18. The Morgan fingerprint density at radius 3 is 2.61 bits per heavy atom. The average molecular weight is 450 g/mol. The second kappa shape index (κ2) is 8.53. The molecule has 0 bridgehead atoms. The third-order valence-corrected chi connectivity index (χ3v) is 5.84. The van der Waals surface area contributed by atoms with Crippen molar-refractivity contribution in [2.24, 2.45) is 0 Å². The number of benzene rings is 2. The molecule has 2 aromatic carbocycles. The number of fused-ring (bicyclic) bond motifs is 1. The van der Waals surface area contributed by atoms with Gasteiger partial charge in [-0.2, -0.15) is 0 Å². The molecule has 1 amide bonds. The zero-order valence-electron chi connectivity index (χ0n) is 17.5. The van der Waals surface area contributed by atoms with Crippen molar-refractivity contribution >= 4 is 17.1 Å². The normalized spacial score (nSPS) is 16.3. The molecule has 1 aliphatic heterocycles. The van der Waals surface area contributed by atoms with E-state index in [1.54, 1.807) is 4.68 Å². The first kappa shape index (κ1) is 20.9. The molecule has 3 heterocycles. The Labute approximate surface area is 186 Å². The van der Waals surface area contributed by atoms with Crippen LogP contribution in [0.4, 0.5) is 8.78 Å². The highest BCUT2D eigenvalue weighted by molar-refractivity contribution is 5.94. The van der Waals surface area contributed by atoms with Crippen molar-refractivity contribution in [2.75, 3.05) is 13.1 Å². The molecule has 0 spiro atoms. The van der Waals surface area contributed by atoms with E-state index in [0.29, 0.717) is 37.4 Å². The van der Waals surface area contributed by atoms with Crippen LogP contribution in [0.5, 0.6) is 0 Å². The highest BCUT2D eigenvalue weighted by atomic mass is 19.1. The van der Waals surface area contributed by atoms with Gasteiger partial charge in [-0.3, -0.25) is 9.59 Å². The molecule has 1 aliphatic rings. The van der Waals surface area contributed by atoms with Crippen LogP contribution in [0.3, 0.4) is 0 Å². The summed E-state index contributed by atoms with van der Waals surface area (Å²) in [7, 11) is 0. The molecule has 1 fully saturated rings. The number of nitrogens with one attached hydrogen (secondary N) is 1. The molecule has 168 valence electrons. The Morgan fingerprint density at radius 1 is 1.09 bits per heavy atom. The highest BCUT2D eigenvalue weighted by Crippen LogP contribution is 2.27. The number of H-pyrrole nitrogens is 1. The van der Waals surface area contributed by atoms with Crippen LogP contribution in [0.2, 0.25) is 0 Å². The lowest BCUT2D eigenvalue weighted by atomic mass is 9.96. The maximum Gasteiger partial charge on any atom is 0.281 e.